The number of nitrogens with one attached hydrogen (secondary N) is 2. The predicted molar refractivity (Wildman–Crippen MR) is 96.4 cm³/mol. The SMILES string of the molecule is CN=C(NCC1(C)COC1)NC1CC(C)(OC)C1(C)C.I. The maximum atomic E-state index is 5.66. The Morgan fingerprint density at radius 3 is 2.29 bits per heavy atom. The van der Waals surface area contributed by atoms with E-state index >= 15 is 0 Å². The molecule has 1 saturated carbocycles. The van der Waals surface area contributed by atoms with E-state index in [9.17, 15) is 0 Å². The Bertz CT molecular complexity index is 396. The highest BCUT2D eigenvalue weighted by atomic mass is 127. The van der Waals surface area contributed by atoms with E-state index in [0.717, 1.165) is 32.1 Å². The summed E-state index contributed by atoms with van der Waals surface area (Å²) in [6.45, 7) is 11.4. The number of hydrogen-bond donors (Lipinski definition) is 2. The lowest BCUT2D eigenvalue weighted by Gasteiger charge is -2.59. The van der Waals surface area contributed by atoms with Crippen LogP contribution in [0.3, 0.4) is 0 Å². The molecule has 1 saturated heterocycles. The van der Waals surface area contributed by atoms with Gasteiger partial charge in [-0.15, -0.1) is 24.0 Å². The molecule has 2 atom stereocenters. The summed E-state index contributed by atoms with van der Waals surface area (Å²) in [5, 5.41) is 6.93. The van der Waals surface area contributed by atoms with Gasteiger partial charge in [-0.2, -0.15) is 0 Å². The summed E-state index contributed by atoms with van der Waals surface area (Å²) in [5.41, 5.74) is 0.272. The van der Waals surface area contributed by atoms with Crippen LogP contribution in [0.5, 0.6) is 0 Å². The van der Waals surface area contributed by atoms with Crippen LogP contribution in [0.1, 0.15) is 34.1 Å². The van der Waals surface area contributed by atoms with Gasteiger partial charge in [-0.05, 0) is 13.3 Å². The molecule has 0 aromatic heterocycles. The van der Waals surface area contributed by atoms with Crippen molar-refractivity contribution in [2.45, 2.75) is 45.8 Å². The number of guanidine groups is 1. The molecular weight excluding hydrogens is 381 g/mol. The average Bonchev–Trinajstić information content (AvgIpc) is 2.39. The largest absolute Gasteiger partial charge is 0.380 e. The van der Waals surface area contributed by atoms with Crippen molar-refractivity contribution in [2.24, 2.45) is 15.8 Å². The van der Waals surface area contributed by atoms with Gasteiger partial charge in [0.05, 0.1) is 18.8 Å². The Balaban J connectivity index is 0.00000220. The van der Waals surface area contributed by atoms with E-state index in [2.05, 4.69) is 43.3 Å². The molecule has 0 amide bonds. The van der Waals surface area contributed by atoms with Crippen LogP contribution in [0.25, 0.3) is 0 Å². The molecule has 0 radical (unpaired) electrons. The molecule has 0 aromatic carbocycles. The van der Waals surface area contributed by atoms with Gasteiger partial charge < -0.3 is 20.1 Å². The number of nitrogens with zero attached hydrogens (tertiary/aromatic N) is 1. The molecule has 0 spiro atoms. The number of halogens is 1. The lowest BCUT2D eigenvalue weighted by molar-refractivity contribution is -0.176. The van der Waals surface area contributed by atoms with Gasteiger partial charge in [0.15, 0.2) is 5.96 Å². The Kier molecular flexibility index (Phi) is 5.94. The van der Waals surface area contributed by atoms with Gasteiger partial charge in [-0.1, -0.05) is 20.8 Å². The second-order valence-electron chi connectivity index (χ2n) is 7.29. The number of ether oxygens (including phenoxy) is 2. The average molecular weight is 411 g/mol. The monoisotopic (exact) mass is 411 g/mol. The first-order valence-corrected chi connectivity index (χ1v) is 7.36. The molecule has 0 aromatic rings. The van der Waals surface area contributed by atoms with E-state index in [0.29, 0.717) is 6.04 Å². The zero-order valence-electron chi connectivity index (χ0n) is 14.1. The fraction of sp³-hybridized carbons (Fsp3) is 0.933. The van der Waals surface area contributed by atoms with Gasteiger partial charge in [0, 0.05) is 37.6 Å². The molecular formula is C15H30IN3O2. The molecule has 2 unspecified atom stereocenters. The van der Waals surface area contributed by atoms with Crippen molar-refractivity contribution in [1.82, 2.24) is 10.6 Å². The van der Waals surface area contributed by atoms with Gasteiger partial charge in [-0.3, -0.25) is 4.99 Å². The van der Waals surface area contributed by atoms with Gasteiger partial charge in [0.2, 0.25) is 0 Å². The normalized spacial score (nSPS) is 33.2. The highest BCUT2D eigenvalue weighted by Crippen LogP contribution is 2.51. The maximum absolute atomic E-state index is 5.66. The van der Waals surface area contributed by atoms with Crippen molar-refractivity contribution in [2.75, 3.05) is 33.9 Å². The van der Waals surface area contributed by atoms with E-state index in [1.54, 1.807) is 7.11 Å². The summed E-state index contributed by atoms with van der Waals surface area (Å²) in [6, 6.07) is 0.379. The minimum atomic E-state index is -0.0582. The Hall–Kier alpha value is -0.0800. The molecule has 124 valence electrons. The van der Waals surface area contributed by atoms with E-state index in [1.165, 1.54) is 0 Å². The molecule has 0 bridgehead atoms. The molecule has 21 heavy (non-hydrogen) atoms. The first-order valence-electron chi connectivity index (χ1n) is 7.36. The van der Waals surface area contributed by atoms with Crippen LogP contribution >= 0.6 is 24.0 Å². The van der Waals surface area contributed by atoms with Crippen LogP contribution < -0.4 is 10.6 Å². The first kappa shape index (κ1) is 19.0. The maximum Gasteiger partial charge on any atom is 0.191 e. The van der Waals surface area contributed by atoms with Crippen LogP contribution in [0.15, 0.2) is 4.99 Å². The molecule has 2 rings (SSSR count). The molecule has 1 aliphatic heterocycles. The fourth-order valence-corrected chi connectivity index (χ4v) is 2.93. The van der Waals surface area contributed by atoms with Crippen molar-refractivity contribution >= 4 is 29.9 Å². The van der Waals surface area contributed by atoms with E-state index in [4.69, 9.17) is 9.47 Å². The third-order valence-electron chi connectivity index (χ3n) is 5.40. The van der Waals surface area contributed by atoms with E-state index in [1.807, 2.05) is 7.05 Å². The highest BCUT2D eigenvalue weighted by Gasteiger charge is 2.58. The summed E-state index contributed by atoms with van der Waals surface area (Å²) in [6.07, 6.45) is 0.998. The number of rotatable bonds is 4. The Labute approximate surface area is 145 Å². The lowest BCUT2D eigenvalue weighted by Crippen LogP contribution is -2.69. The number of methoxy groups -OCH3 is 1. The van der Waals surface area contributed by atoms with Crippen LogP contribution in [-0.2, 0) is 9.47 Å². The first-order chi connectivity index (χ1) is 9.26. The third-order valence-corrected chi connectivity index (χ3v) is 5.40. The van der Waals surface area contributed by atoms with Crippen LogP contribution in [0.2, 0.25) is 0 Å². The van der Waals surface area contributed by atoms with Gasteiger partial charge in [0.25, 0.3) is 0 Å². The van der Waals surface area contributed by atoms with Crippen LogP contribution in [-0.4, -0.2) is 51.5 Å². The fourth-order valence-electron chi connectivity index (χ4n) is 2.93. The zero-order chi connectivity index (χ0) is 15.0. The van der Waals surface area contributed by atoms with Crippen LogP contribution in [0.4, 0.5) is 0 Å². The van der Waals surface area contributed by atoms with Gasteiger partial charge in [-0.25, -0.2) is 0 Å². The lowest BCUT2D eigenvalue weighted by atomic mass is 9.56. The summed E-state index contributed by atoms with van der Waals surface area (Å²) in [5.74, 6) is 0.870. The van der Waals surface area contributed by atoms with Crippen molar-refractivity contribution in [3.8, 4) is 0 Å². The molecule has 2 fully saturated rings. The predicted octanol–water partition coefficient (Wildman–Crippen LogP) is 2.01. The Morgan fingerprint density at radius 1 is 1.29 bits per heavy atom. The van der Waals surface area contributed by atoms with Crippen LogP contribution in [0, 0.1) is 10.8 Å². The molecule has 1 heterocycles. The van der Waals surface area contributed by atoms with Crippen molar-refractivity contribution in [1.29, 1.82) is 0 Å². The summed E-state index contributed by atoms with van der Waals surface area (Å²) in [7, 11) is 3.61. The van der Waals surface area contributed by atoms with Gasteiger partial charge in [0.1, 0.15) is 0 Å². The van der Waals surface area contributed by atoms with Crippen molar-refractivity contribution < 1.29 is 9.47 Å². The third kappa shape index (κ3) is 3.47. The number of hydrogen-bond acceptors (Lipinski definition) is 3. The molecule has 2 N–H and O–H groups in total. The molecule has 6 heteroatoms. The second-order valence-corrected chi connectivity index (χ2v) is 7.29. The summed E-state index contributed by atoms with van der Waals surface area (Å²) >= 11 is 0. The molecule has 2 aliphatic rings. The van der Waals surface area contributed by atoms with Gasteiger partial charge >= 0.3 is 0 Å². The smallest absolute Gasteiger partial charge is 0.191 e. The molecule has 1 aliphatic carbocycles. The minimum absolute atomic E-state index is 0. The van der Waals surface area contributed by atoms with E-state index < -0.39 is 0 Å². The zero-order valence-corrected chi connectivity index (χ0v) is 16.4. The molecule has 5 nitrogen and oxygen atoms in total. The summed E-state index contributed by atoms with van der Waals surface area (Å²) < 4.78 is 10.9. The second kappa shape index (κ2) is 6.58. The summed E-state index contributed by atoms with van der Waals surface area (Å²) in [4.78, 5) is 4.32. The minimum Gasteiger partial charge on any atom is -0.380 e. The number of aliphatic imine (C=N–C) groups is 1. The standard InChI is InChI=1S/C15H29N3O2.HI/c1-13(2)11(7-15(13,4)19-6)18-12(16-5)17-8-14(3)9-20-10-14;/h11H,7-10H2,1-6H3,(H2,16,17,18);1H. The van der Waals surface area contributed by atoms with Crippen molar-refractivity contribution in [3.05, 3.63) is 0 Å². The Morgan fingerprint density at radius 2 is 1.90 bits per heavy atom. The highest BCUT2D eigenvalue weighted by molar-refractivity contribution is 14.0. The topological polar surface area (TPSA) is 54.9 Å². The quantitative estimate of drug-likeness (QED) is 0.422. The van der Waals surface area contributed by atoms with E-state index in [-0.39, 0.29) is 40.4 Å². The van der Waals surface area contributed by atoms with Crippen molar-refractivity contribution in [3.63, 3.8) is 0 Å².